The number of rotatable bonds is 1. The van der Waals surface area contributed by atoms with Gasteiger partial charge in [-0.25, -0.2) is 0 Å². The van der Waals surface area contributed by atoms with Crippen molar-refractivity contribution in [1.29, 1.82) is 0 Å². The molecule has 0 spiro atoms. The summed E-state index contributed by atoms with van der Waals surface area (Å²) in [4.78, 5) is -1.44. The van der Waals surface area contributed by atoms with Crippen molar-refractivity contribution < 1.29 is 9.84 Å². The van der Waals surface area contributed by atoms with E-state index in [4.69, 9.17) is 10.5 Å². The predicted octanol–water partition coefficient (Wildman–Crippen LogP) is 0.105. The molecule has 66 valence electrons. The molecule has 0 radical (unpaired) electrons. The molecule has 12 heavy (non-hydrogen) atoms. The zero-order valence-electron chi connectivity index (χ0n) is 6.48. The van der Waals surface area contributed by atoms with Gasteiger partial charge in [0.05, 0.1) is 5.25 Å². The van der Waals surface area contributed by atoms with E-state index in [1.54, 1.807) is 24.9 Å². The standard InChI is InChI=1S/C7H9NO2S2/c1-10-7-4-5(9,11-4)2-3-6(7,8)12-7/h2-4,9H,8H2,1H3. The van der Waals surface area contributed by atoms with E-state index in [9.17, 15) is 5.11 Å². The Morgan fingerprint density at radius 3 is 2.92 bits per heavy atom. The highest BCUT2D eigenvalue weighted by Gasteiger charge is 2.83. The Balaban J connectivity index is 2.05. The minimum Gasteiger partial charge on any atom is -0.375 e. The quantitative estimate of drug-likeness (QED) is 0.468. The summed E-state index contributed by atoms with van der Waals surface area (Å²) < 4.78 is 5.38. The maximum absolute atomic E-state index is 9.78. The van der Waals surface area contributed by atoms with Crippen molar-refractivity contribution in [3.05, 3.63) is 12.2 Å². The maximum Gasteiger partial charge on any atom is 0.162 e. The molecule has 3 N–H and O–H groups in total. The van der Waals surface area contributed by atoms with E-state index in [1.165, 1.54) is 11.8 Å². The Morgan fingerprint density at radius 1 is 1.58 bits per heavy atom. The molecule has 2 heterocycles. The lowest BCUT2D eigenvalue weighted by Crippen LogP contribution is -2.43. The van der Waals surface area contributed by atoms with E-state index in [0.717, 1.165) is 0 Å². The molecule has 2 aliphatic heterocycles. The Bertz CT molecular complexity index is 297. The van der Waals surface area contributed by atoms with Crippen molar-refractivity contribution >= 4 is 23.5 Å². The van der Waals surface area contributed by atoms with Crippen molar-refractivity contribution in [2.75, 3.05) is 7.11 Å². The number of ether oxygens (including phenoxy) is 1. The van der Waals surface area contributed by atoms with Crippen molar-refractivity contribution in [1.82, 2.24) is 0 Å². The predicted molar refractivity (Wildman–Crippen MR) is 49.7 cm³/mol. The van der Waals surface area contributed by atoms with Crippen LogP contribution in [0.2, 0.25) is 0 Å². The molecule has 2 saturated heterocycles. The molecule has 3 rings (SSSR count). The topological polar surface area (TPSA) is 55.5 Å². The summed E-state index contributed by atoms with van der Waals surface area (Å²) in [6.45, 7) is 0. The monoisotopic (exact) mass is 203 g/mol. The number of fused-ring (bicyclic) bond motifs is 3. The summed E-state index contributed by atoms with van der Waals surface area (Å²) in [6, 6.07) is 0. The van der Waals surface area contributed by atoms with E-state index in [2.05, 4.69) is 0 Å². The lowest BCUT2D eigenvalue weighted by atomic mass is 9.98. The second-order valence-electron chi connectivity index (χ2n) is 3.35. The molecular formula is C7H9NO2S2. The van der Waals surface area contributed by atoms with Crippen LogP contribution < -0.4 is 5.73 Å². The van der Waals surface area contributed by atoms with Gasteiger partial charge >= 0.3 is 0 Å². The minimum absolute atomic E-state index is 0.120. The molecule has 2 fully saturated rings. The van der Waals surface area contributed by atoms with Crippen LogP contribution in [0, 0.1) is 0 Å². The van der Waals surface area contributed by atoms with Gasteiger partial charge in [-0.05, 0) is 6.08 Å². The molecule has 0 bridgehead atoms. The highest BCUT2D eigenvalue weighted by Crippen LogP contribution is 2.77. The Labute approximate surface area is 78.7 Å². The molecule has 3 aliphatic rings. The van der Waals surface area contributed by atoms with Crippen molar-refractivity contribution in [3.63, 3.8) is 0 Å². The van der Waals surface area contributed by atoms with Gasteiger partial charge in [-0.2, -0.15) is 0 Å². The van der Waals surface area contributed by atoms with Crippen molar-refractivity contribution in [2.45, 2.75) is 20.0 Å². The third-order valence-electron chi connectivity index (χ3n) is 2.67. The van der Waals surface area contributed by atoms with Crippen LogP contribution in [0.3, 0.4) is 0 Å². The van der Waals surface area contributed by atoms with Crippen LogP contribution in [-0.2, 0) is 4.74 Å². The molecule has 5 heteroatoms. The van der Waals surface area contributed by atoms with Gasteiger partial charge in [0, 0.05) is 7.11 Å². The average Bonchev–Trinajstić information content (AvgIpc) is 2.84. The number of hydrogen-bond donors (Lipinski definition) is 2. The van der Waals surface area contributed by atoms with Crippen LogP contribution in [0.1, 0.15) is 0 Å². The average molecular weight is 203 g/mol. The fraction of sp³-hybridized carbons (Fsp3) is 0.714. The number of hydrogen-bond acceptors (Lipinski definition) is 5. The first-order valence-corrected chi connectivity index (χ1v) is 5.41. The second-order valence-corrected chi connectivity index (χ2v) is 6.20. The van der Waals surface area contributed by atoms with Gasteiger partial charge in [-0.3, -0.25) is 0 Å². The summed E-state index contributed by atoms with van der Waals surface area (Å²) in [5.74, 6) is 0. The molecule has 3 nitrogen and oxygen atoms in total. The molecule has 0 amide bonds. The smallest absolute Gasteiger partial charge is 0.162 e. The molecule has 4 unspecified atom stereocenters. The lowest BCUT2D eigenvalue weighted by Gasteiger charge is -2.20. The zero-order chi connectivity index (χ0) is 8.61. The summed E-state index contributed by atoms with van der Waals surface area (Å²) in [6.07, 6.45) is 3.65. The molecule has 0 aromatic heterocycles. The Hall–Kier alpha value is 0.320. The third-order valence-corrected chi connectivity index (χ3v) is 5.85. The van der Waals surface area contributed by atoms with Crippen molar-refractivity contribution in [2.24, 2.45) is 5.73 Å². The van der Waals surface area contributed by atoms with E-state index >= 15 is 0 Å². The maximum atomic E-state index is 9.78. The molecule has 1 aliphatic carbocycles. The van der Waals surface area contributed by atoms with E-state index < -0.39 is 4.93 Å². The summed E-state index contributed by atoms with van der Waals surface area (Å²) >= 11 is 3.10. The Kier molecular flexibility index (Phi) is 1.12. The van der Waals surface area contributed by atoms with E-state index in [0.29, 0.717) is 0 Å². The van der Waals surface area contributed by atoms with Gasteiger partial charge < -0.3 is 15.6 Å². The van der Waals surface area contributed by atoms with Crippen LogP contribution in [-0.4, -0.2) is 32.2 Å². The van der Waals surface area contributed by atoms with Crippen LogP contribution in [0.4, 0.5) is 0 Å². The highest BCUT2D eigenvalue weighted by molar-refractivity contribution is 8.14. The SMILES string of the molecule is COC12SC1(N)C=CC1(O)SC12. The molecule has 0 aromatic carbocycles. The van der Waals surface area contributed by atoms with Crippen LogP contribution in [0.25, 0.3) is 0 Å². The van der Waals surface area contributed by atoms with Crippen LogP contribution >= 0.6 is 23.5 Å². The second kappa shape index (κ2) is 1.74. The normalized spacial score (nSPS) is 65.4. The summed E-state index contributed by atoms with van der Waals surface area (Å²) in [5.41, 5.74) is 6.00. The fourth-order valence-corrected chi connectivity index (χ4v) is 4.63. The highest BCUT2D eigenvalue weighted by atomic mass is 32.2. The zero-order valence-corrected chi connectivity index (χ0v) is 8.11. The van der Waals surface area contributed by atoms with E-state index in [-0.39, 0.29) is 15.1 Å². The first-order chi connectivity index (χ1) is 5.56. The van der Waals surface area contributed by atoms with Gasteiger partial charge in [0.1, 0.15) is 9.80 Å². The first kappa shape index (κ1) is 7.70. The van der Waals surface area contributed by atoms with Gasteiger partial charge in [-0.1, -0.05) is 17.8 Å². The van der Waals surface area contributed by atoms with Gasteiger partial charge in [-0.15, -0.1) is 11.8 Å². The van der Waals surface area contributed by atoms with Gasteiger partial charge in [0.15, 0.2) is 4.93 Å². The fourth-order valence-electron chi connectivity index (χ4n) is 1.82. The van der Waals surface area contributed by atoms with Crippen LogP contribution in [0.5, 0.6) is 0 Å². The van der Waals surface area contributed by atoms with Gasteiger partial charge in [0.25, 0.3) is 0 Å². The van der Waals surface area contributed by atoms with Crippen LogP contribution in [0.15, 0.2) is 12.2 Å². The summed E-state index contributed by atoms with van der Waals surface area (Å²) in [5, 5.41) is 9.90. The van der Waals surface area contributed by atoms with E-state index in [1.807, 2.05) is 6.08 Å². The molecule has 0 aromatic rings. The molecular weight excluding hydrogens is 194 g/mol. The molecule has 0 saturated carbocycles. The summed E-state index contributed by atoms with van der Waals surface area (Å²) in [7, 11) is 1.65. The Morgan fingerprint density at radius 2 is 2.33 bits per heavy atom. The number of thioether (sulfide) groups is 2. The number of aliphatic hydroxyl groups is 1. The number of nitrogens with two attached hydrogens (primary N) is 1. The largest absolute Gasteiger partial charge is 0.375 e. The third kappa shape index (κ3) is 0.610. The molecule has 4 atom stereocenters. The minimum atomic E-state index is -0.692. The van der Waals surface area contributed by atoms with Gasteiger partial charge in [0.2, 0.25) is 0 Å². The lowest BCUT2D eigenvalue weighted by molar-refractivity contribution is 0.0558. The van der Waals surface area contributed by atoms with Crippen molar-refractivity contribution in [3.8, 4) is 0 Å². The number of methoxy groups -OCH3 is 1. The first-order valence-electron chi connectivity index (χ1n) is 3.71.